The van der Waals surface area contributed by atoms with E-state index in [1.165, 1.54) is 30.0 Å². The van der Waals surface area contributed by atoms with Crippen molar-refractivity contribution in [2.24, 2.45) is 0 Å². The lowest BCUT2D eigenvalue weighted by atomic mass is 9.99. The zero-order chi connectivity index (χ0) is 17.7. The first kappa shape index (κ1) is 18.7. The topological polar surface area (TPSA) is 44.4 Å². The lowest BCUT2D eigenvalue weighted by Gasteiger charge is -2.36. The van der Waals surface area contributed by atoms with Crippen molar-refractivity contribution in [3.8, 4) is 0 Å². The molecule has 1 aromatic carbocycles. The lowest BCUT2D eigenvalue weighted by Crippen LogP contribution is -2.57. The van der Waals surface area contributed by atoms with Crippen LogP contribution in [0.5, 0.6) is 0 Å². The highest BCUT2D eigenvalue weighted by atomic mass is 19.4. The van der Waals surface area contributed by atoms with Gasteiger partial charge in [-0.05, 0) is 18.6 Å². The van der Waals surface area contributed by atoms with Crippen molar-refractivity contribution in [1.82, 2.24) is 15.5 Å². The summed E-state index contributed by atoms with van der Waals surface area (Å²) in [5.41, 5.74) is 0.167. The molecule has 2 N–H and O–H groups in total. The maximum absolute atomic E-state index is 13.7. The summed E-state index contributed by atoms with van der Waals surface area (Å²) >= 11 is 0. The van der Waals surface area contributed by atoms with Gasteiger partial charge in [0.05, 0.1) is 5.92 Å². The molecule has 1 aliphatic heterocycles. The minimum absolute atomic E-state index is 0.167. The molecule has 1 fully saturated rings. The number of halogens is 4. The zero-order valence-corrected chi connectivity index (χ0v) is 13.4. The van der Waals surface area contributed by atoms with Gasteiger partial charge in [0.15, 0.2) is 0 Å². The van der Waals surface area contributed by atoms with Crippen LogP contribution in [0.4, 0.5) is 17.6 Å². The van der Waals surface area contributed by atoms with Gasteiger partial charge >= 0.3 is 6.18 Å². The first-order valence-corrected chi connectivity index (χ1v) is 7.84. The van der Waals surface area contributed by atoms with Gasteiger partial charge < -0.3 is 10.6 Å². The summed E-state index contributed by atoms with van der Waals surface area (Å²) in [5.74, 6) is -2.03. The molecule has 2 rings (SSSR count). The lowest BCUT2D eigenvalue weighted by molar-refractivity contribution is -0.184. The number of rotatable bonds is 5. The number of amides is 1. The largest absolute Gasteiger partial charge is 0.405 e. The minimum atomic E-state index is -4.44. The van der Waals surface area contributed by atoms with Crippen LogP contribution in [0.3, 0.4) is 0 Å². The fourth-order valence-electron chi connectivity index (χ4n) is 2.76. The molecule has 1 aliphatic rings. The number of nitrogens with zero attached hydrogens (tertiary/aromatic N) is 1. The van der Waals surface area contributed by atoms with Gasteiger partial charge in [0.25, 0.3) is 0 Å². The van der Waals surface area contributed by atoms with E-state index in [9.17, 15) is 22.4 Å². The third kappa shape index (κ3) is 4.67. The van der Waals surface area contributed by atoms with Crippen LogP contribution in [-0.2, 0) is 4.79 Å². The van der Waals surface area contributed by atoms with Gasteiger partial charge in [-0.25, -0.2) is 4.39 Å². The number of hydrogen-bond donors (Lipinski definition) is 2. The van der Waals surface area contributed by atoms with Crippen LogP contribution in [-0.4, -0.2) is 55.7 Å². The molecular weight excluding hydrogens is 326 g/mol. The fourth-order valence-corrected chi connectivity index (χ4v) is 2.76. The van der Waals surface area contributed by atoms with E-state index in [1.807, 2.05) is 0 Å². The van der Waals surface area contributed by atoms with E-state index in [2.05, 4.69) is 10.6 Å². The van der Waals surface area contributed by atoms with Crippen molar-refractivity contribution in [3.05, 3.63) is 35.6 Å². The molecule has 24 heavy (non-hydrogen) atoms. The van der Waals surface area contributed by atoms with Crippen LogP contribution in [0.25, 0.3) is 0 Å². The van der Waals surface area contributed by atoms with Crippen molar-refractivity contribution >= 4 is 5.91 Å². The summed E-state index contributed by atoms with van der Waals surface area (Å²) < 4.78 is 53.5. The predicted octanol–water partition coefficient (Wildman–Crippen LogP) is 1.88. The van der Waals surface area contributed by atoms with Crippen molar-refractivity contribution in [2.75, 3.05) is 32.7 Å². The number of piperazine rings is 1. The van der Waals surface area contributed by atoms with Gasteiger partial charge in [-0.3, -0.25) is 9.69 Å². The van der Waals surface area contributed by atoms with Crippen LogP contribution in [0, 0.1) is 5.82 Å². The Morgan fingerprint density at radius 3 is 2.50 bits per heavy atom. The molecule has 134 valence electrons. The van der Waals surface area contributed by atoms with E-state index in [0.717, 1.165) is 0 Å². The first-order chi connectivity index (χ1) is 11.3. The van der Waals surface area contributed by atoms with Gasteiger partial charge in [0.1, 0.15) is 11.9 Å². The molecule has 0 radical (unpaired) electrons. The fraction of sp³-hybridized carbons (Fsp3) is 0.562. The molecule has 1 saturated heterocycles. The van der Waals surface area contributed by atoms with E-state index in [-0.39, 0.29) is 18.7 Å². The smallest absolute Gasteiger partial charge is 0.354 e. The van der Waals surface area contributed by atoms with E-state index in [0.29, 0.717) is 13.1 Å². The molecule has 0 aromatic heterocycles. The standard InChI is InChI=1S/C16H21F4N3O/c1-11(12-4-2-3-5-13(12)17)15(24)22-10-14(16(18,19)20)23-8-6-21-7-9-23/h2-5,11,14,21H,6-10H2,1H3,(H,22,24). The molecule has 2 atom stereocenters. The van der Waals surface area contributed by atoms with Crippen LogP contribution in [0.1, 0.15) is 18.4 Å². The van der Waals surface area contributed by atoms with Gasteiger partial charge in [0.2, 0.25) is 5.91 Å². The van der Waals surface area contributed by atoms with Crippen molar-refractivity contribution in [2.45, 2.75) is 25.1 Å². The average Bonchev–Trinajstić information content (AvgIpc) is 2.54. The zero-order valence-electron chi connectivity index (χ0n) is 13.4. The Morgan fingerprint density at radius 1 is 1.29 bits per heavy atom. The predicted molar refractivity (Wildman–Crippen MR) is 82.1 cm³/mol. The number of carbonyl (C=O) groups excluding carboxylic acids is 1. The Labute approximate surface area is 138 Å². The molecule has 0 aliphatic carbocycles. The quantitative estimate of drug-likeness (QED) is 0.800. The molecule has 0 bridgehead atoms. The van der Waals surface area contributed by atoms with Crippen LogP contribution in [0.2, 0.25) is 0 Å². The van der Waals surface area contributed by atoms with Gasteiger partial charge in [-0.1, -0.05) is 18.2 Å². The van der Waals surface area contributed by atoms with E-state index >= 15 is 0 Å². The van der Waals surface area contributed by atoms with Crippen molar-refractivity contribution in [1.29, 1.82) is 0 Å². The Kier molecular flexibility index (Phi) is 6.17. The molecule has 4 nitrogen and oxygen atoms in total. The Bertz CT molecular complexity index is 558. The second-order valence-electron chi connectivity index (χ2n) is 5.83. The molecule has 0 spiro atoms. The SMILES string of the molecule is CC(C(=O)NCC(N1CCNCC1)C(F)(F)F)c1ccccc1F. The summed E-state index contributed by atoms with van der Waals surface area (Å²) in [7, 11) is 0. The Hall–Kier alpha value is -1.67. The van der Waals surface area contributed by atoms with Crippen LogP contribution >= 0.6 is 0 Å². The summed E-state index contributed by atoms with van der Waals surface area (Å²) in [6.45, 7) is 2.42. The molecule has 0 saturated carbocycles. The Morgan fingerprint density at radius 2 is 1.92 bits per heavy atom. The number of alkyl halides is 3. The number of benzene rings is 1. The van der Waals surface area contributed by atoms with Gasteiger partial charge in [-0.15, -0.1) is 0 Å². The van der Waals surface area contributed by atoms with Gasteiger partial charge in [-0.2, -0.15) is 13.2 Å². The maximum atomic E-state index is 13.7. The van der Waals surface area contributed by atoms with Gasteiger partial charge in [0, 0.05) is 32.7 Å². The Balaban J connectivity index is 2.00. The highest BCUT2D eigenvalue weighted by Crippen LogP contribution is 2.25. The van der Waals surface area contributed by atoms with E-state index in [4.69, 9.17) is 0 Å². The molecule has 2 unspecified atom stereocenters. The van der Waals surface area contributed by atoms with Crippen LogP contribution in [0.15, 0.2) is 24.3 Å². The summed E-state index contributed by atoms with van der Waals surface area (Å²) in [5, 5.41) is 5.32. The monoisotopic (exact) mass is 347 g/mol. The summed E-state index contributed by atoms with van der Waals surface area (Å²) in [6, 6.07) is 4.01. The summed E-state index contributed by atoms with van der Waals surface area (Å²) in [4.78, 5) is 13.4. The van der Waals surface area contributed by atoms with Crippen molar-refractivity contribution in [3.63, 3.8) is 0 Å². The molecule has 1 aromatic rings. The minimum Gasteiger partial charge on any atom is -0.354 e. The molecule has 1 heterocycles. The highest BCUT2D eigenvalue weighted by Gasteiger charge is 2.44. The maximum Gasteiger partial charge on any atom is 0.405 e. The number of nitrogens with one attached hydrogen (secondary N) is 2. The molecular formula is C16H21F4N3O. The molecule has 8 heteroatoms. The third-order valence-electron chi connectivity index (χ3n) is 4.20. The van der Waals surface area contributed by atoms with E-state index in [1.54, 1.807) is 6.07 Å². The highest BCUT2D eigenvalue weighted by molar-refractivity contribution is 5.83. The summed E-state index contributed by atoms with van der Waals surface area (Å²) in [6.07, 6.45) is -4.44. The van der Waals surface area contributed by atoms with Crippen LogP contribution < -0.4 is 10.6 Å². The number of carbonyl (C=O) groups is 1. The second kappa shape index (κ2) is 7.94. The number of hydrogen-bond acceptors (Lipinski definition) is 3. The second-order valence-corrected chi connectivity index (χ2v) is 5.83. The normalized spacial score (nSPS) is 18.9. The van der Waals surface area contributed by atoms with E-state index < -0.39 is 36.4 Å². The third-order valence-corrected chi connectivity index (χ3v) is 4.20. The first-order valence-electron chi connectivity index (χ1n) is 7.84. The average molecular weight is 347 g/mol. The molecule has 1 amide bonds. The van der Waals surface area contributed by atoms with Crippen molar-refractivity contribution < 1.29 is 22.4 Å².